The van der Waals surface area contributed by atoms with Crippen LogP contribution in [-0.2, 0) is 6.54 Å². The third-order valence-corrected chi connectivity index (χ3v) is 3.66. The SMILES string of the molecule is CNCc1sc(-c2ccncc2)nc1C(C)C. The van der Waals surface area contributed by atoms with E-state index in [0.29, 0.717) is 5.92 Å². The van der Waals surface area contributed by atoms with Crippen LogP contribution >= 0.6 is 11.3 Å². The molecule has 0 aromatic carbocycles. The van der Waals surface area contributed by atoms with Gasteiger partial charge >= 0.3 is 0 Å². The molecule has 0 radical (unpaired) electrons. The van der Waals surface area contributed by atoms with Crippen LogP contribution in [0, 0.1) is 0 Å². The molecule has 0 amide bonds. The van der Waals surface area contributed by atoms with Gasteiger partial charge in [-0.25, -0.2) is 4.98 Å². The van der Waals surface area contributed by atoms with Gasteiger partial charge in [-0.15, -0.1) is 11.3 Å². The molecule has 0 aliphatic rings. The summed E-state index contributed by atoms with van der Waals surface area (Å²) in [5, 5.41) is 4.29. The summed E-state index contributed by atoms with van der Waals surface area (Å²) in [5.74, 6) is 0.463. The van der Waals surface area contributed by atoms with Gasteiger partial charge in [0.15, 0.2) is 0 Å². The molecule has 3 nitrogen and oxygen atoms in total. The lowest BCUT2D eigenvalue weighted by Gasteiger charge is -2.03. The van der Waals surface area contributed by atoms with E-state index in [2.05, 4.69) is 24.1 Å². The van der Waals surface area contributed by atoms with Crippen LogP contribution in [0.2, 0.25) is 0 Å². The summed E-state index contributed by atoms with van der Waals surface area (Å²) in [5.41, 5.74) is 2.35. The number of hydrogen-bond donors (Lipinski definition) is 1. The zero-order chi connectivity index (χ0) is 12.3. The predicted octanol–water partition coefficient (Wildman–Crippen LogP) is 3.05. The van der Waals surface area contributed by atoms with Crippen molar-refractivity contribution in [2.75, 3.05) is 7.05 Å². The molecule has 90 valence electrons. The van der Waals surface area contributed by atoms with Crippen LogP contribution in [0.4, 0.5) is 0 Å². The molecule has 0 unspecified atom stereocenters. The summed E-state index contributed by atoms with van der Waals surface area (Å²) in [4.78, 5) is 10.1. The molecule has 0 saturated carbocycles. The molecule has 2 rings (SSSR count). The number of nitrogens with zero attached hydrogens (tertiary/aromatic N) is 2. The molecule has 0 fully saturated rings. The minimum Gasteiger partial charge on any atom is -0.315 e. The van der Waals surface area contributed by atoms with Gasteiger partial charge in [-0.1, -0.05) is 13.8 Å². The molecule has 1 N–H and O–H groups in total. The first-order valence-corrected chi connectivity index (χ1v) is 6.58. The number of pyridine rings is 1. The molecule has 0 aliphatic heterocycles. The molecule has 0 saturated heterocycles. The van der Waals surface area contributed by atoms with Crippen molar-refractivity contribution in [2.24, 2.45) is 0 Å². The van der Waals surface area contributed by atoms with Crippen molar-refractivity contribution < 1.29 is 0 Å². The summed E-state index contributed by atoms with van der Waals surface area (Å²) < 4.78 is 0. The third-order valence-electron chi connectivity index (χ3n) is 2.54. The van der Waals surface area contributed by atoms with E-state index in [-0.39, 0.29) is 0 Å². The lowest BCUT2D eigenvalue weighted by Crippen LogP contribution is -2.06. The predicted molar refractivity (Wildman–Crippen MR) is 72.2 cm³/mol. The molecule has 17 heavy (non-hydrogen) atoms. The van der Waals surface area contributed by atoms with E-state index in [1.165, 1.54) is 10.6 Å². The number of aromatic nitrogens is 2. The fraction of sp³-hybridized carbons (Fsp3) is 0.385. The average Bonchev–Trinajstić information content (AvgIpc) is 2.75. The highest BCUT2D eigenvalue weighted by Crippen LogP contribution is 2.31. The van der Waals surface area contributed by atoms with Gasteiger partial charge in [0, 0.05) is 29.4 Å². The van der Waals surface area contributed by atoms with Gasteiger partial charge in [0.25, 0.3) is 0 Å². The Kier molecular flexibility index (Phi) is 3.86. The summed E-state index contributed by atoms with van der Waals surface area (Å²) in [6, 6.07) is 4.01. The first kappa shape index (κ1) is 12.2. The standard InChI is InChI=1S/C13H17N3S/c1-9(2)12-11(8-14-3)17-13(16-12)10-4-6-15-7-5-10/h4-7,9,14H,8H2,1-3H3. The van der Waals surface area contributed by atoms with Crippen LogP contribution in [0.3, 0.4) is 0 Å². The Morgan fingerprint density at radius 3 is 2.59 bits per heavy atom. The van der Waals surface area contributed by atoms with Crippen molar-refractivity contribution in [1.29, 1.82) is 0 Å². The molecule has 2 heterocycles. The van der Waals surface area contributed by atoms with Gasteiger partial charge in [-0.3, -0.25) is 4.98 Å². The maximum atomic E-state index is 4.75. The average molecular weight is 247 g/mol. The second-order valence-electron chi connectivity index (χ2n) is 4.25. The van der Waals surface area contributed by atoms with Crippen molar-refractivity contribution in [3.63, 3.8) is 0 Å². The molecule has 2 aromatic rings. The highest BCUT2D eigenvalue weighted by atomic mass is 32.1. The second-order valence-corrected chi connectivity index (χ2v) is 5.33. The molecule has 0 spiro atoms. The Labute approximate surface area is 106 Å². The normalized spacial score (nSPS) is 11.1. The summed E-state index contributed by atoms with van der Waals surface area (Å²) in [6.45, 7) is 5.26. The minimum atomic E-state index is 0.463. The summed E-state index contributed by atoms with van der Waals surface area (Å²) in [7, 11) is 1.97. The van der Waals surface area contributed by atoms with Crippen LogP contribution in [0.25, 0.3) is 10.6 Å². The van der Waals surface area contributed by atoms with E-state index in [4.69, 9.17) is 4.98 Å². The van der Waals surface area contributed by atoms with Gasteiger partial charge in [0.05, 0.1) is 5.69 Å². The molecule has 0 aliphatic carbocycles. The lowest BCUT2D eigenvalue weighted by atomic mass is 10.1. The topological polar surface area (TPSA) is 37.8 Å². The number of nitrogens with one attached hydrogen (secondary N) is 1. The highest BCUT2D eigenvalue weighted by Gasteiger charge is 2.14. The van der Waals surface area contributed by atoms with Gasteiger partial charge in [-0.2, -0.15) is 0 Å². The first-order chi connectivity index (χ1) is 8.22. The van der Waals surface area contributed by atoms with Crippen LogP contribution in [0.5, 0.6) is 0 Å². The first-order valence-electron chi connectivity index (χ1n) is 5.77. The van der Waals surface area contributed by atoms with Crippen molar-refractivity contribution in [3.8, 4) is 10.6 Å². The summed E-state index contributed by atoms with van der Waals surface area (Å²) in [6.07, 6.45) is 3.62. The van der Waals surface area contributed by atoms with Crippen LogP contribution < -0.4 is 5.32 Å². The lowest BCUT2D eigenvalue weighted by molar-refractivity contribution is 0.771. The van der Waals surface area contributed by atoms with Crippen LogP contribution in [-0.4, -0.2) is 17.0 Å². The second kappa shape index (κ2) is 5.38. The smallest absolute Gasteiger partial charge is 0.124 e. The summed E-state index contributed by atoms with van der Waals surface area (Å²) >= 11 is 1.76. The van der Waals surface area contributed by atoms with E-state index < -0.39 is 0 Å². The van der Waals surface area contributed by atoms with E-state index in [1.54, 1.807) is 11.3 Å². The number of thiazole rings is 1. The Balaban J connectivity index is 2.40. The molecular weight excluding hydrogens is 230 g/mol. The molecule has 0 bridgehead atoms. The van der Waals surface area contributed by atoms with Gasteiger partial charge in [0.1, 0.15) is 5.01 Å². The number of rotatable bonds is 4. The van der Waals surface area contributed by atoms with E-state index in [1.807, 2.05) is 31.6 Å². The van der Waals surface area contributed by atoms with Crippen molar-refractivity contribution in [3.05, 3.63) is 35.1 Å². The van der Waals surface area contributed by atoms with Crippen molar-refractivity contribution in [2.45, 2.75) is 26.3 Å². The Morgan fingerprint density at radius 1 is 1.29 bits per heavy atom. The zero-order valence-electron chi connectivity index (χ0n) is 10.4. The largest absolute Gasteiger partial charge is 0.315 e. The van der Waals surface area contributed by atoms with E-state index >= 15 is 0 Å². The maximum Gasteiger partial charge on any atom is 0.124 e. The fourth-order valence-electron chi connectivity index (χ4n) is 1.72. The molecular formula is C13H17N3S. The van der Waals surface area contributed by atoms with Gasteiger partial charge < -0.3 is 5.32 Å². The Bertz CT molecular complexity index is 477. The number of hydrogen-bond acceptors (Lipinski definition) is 4. The van der Waals surface area contributed by atoms with Crippen LogP contribution in [0.1, 0.15) is 30.3 Å². The van der Waals surface area contributed by atoms with Gasteiger partial charge in [-0.05, 0) is 25.1 Å². The van der Waals surface area contributed by atoms with Gasteiger partial charge in [0.2, 0.25) is 0 Å². The molecule has 0 atom stereocenters. The maximum absolute atomic E-state index is 4.75. The Morgan fingerprint density at radius 2 is 2.00 bits per heavy atom. The zero-order valence-corrected chi connectivity index (χ0v) is 11.2. The Hall–Kier alpha value is -1.26. The van der Waals surface area contributed by atoms with Crippen LogP contribution in [0.15, 0.2) is 24.5 Å². The van der Waals surface area contributed by atoms with Crippen molar-refractivity contribution >= 4 is 11.3 Å². The fourth-order valence-corrected chi connectivity index (χ4v) is 2.95. The highest BCUT2D eigenvalue weighted by molar-refractivity contribution is 7.15. The minimum absolute atomic E-state index is 0.463. The monoisotopic (exact) mass is 247 g/mol. The third kappa shape index (κ3) is 2.70. The quantitative estimate of drug-likeness (QED) is 0.902. The van der Waals surface area contributed by atoms with E-state index in [0.717, 1.165) is 17.1 Å². The molecule has 2 aromatic heterocycles. The van der Waals surface area contributed by atoms with E-state index in [9.17, 15) is 0 Å². The van der Waals surface area contributed by atoms with Crippen molar-refractivity contribution in [1.82, 2.24) is 15.3 Å². The molecule has 4 heteroatoms.